The maximum Gasteiger partial charge on any atom is 0.214 e. The van der Waals surface area contributed by atoms with Gasteiger partial charge in [-0.1, -0.05) is 68.9 Å². The maximum atomic E-state index is 12.8. The number of unbranched alkanes of at least 4 members (excludes halogenated alkanes) is 5. The lowest BCUT2D eigenvalue weighted by Crippen LogP contribution is -2.54. The second-order valence-electron chi connectivity index (χ2n) is 8.64. The number of nitrogens with zero attached hydrogens (tertiary/aromatic N) is 4. The fourth-order valence-corrected chi connectivity index (χ4v) is 6.42. The Bertz CT molecular complexity index is 912. The second kappa shape index (κ2) is 11.4. The van der Waals surface area contributed by atoms with Gasteiger partial charge in [0.15, 0.2) is 0 Å². The van der Waals surface area contributed by atoms with Crippen molar-refractivity contribution in [1.29, 1.82) is 0 Å². The summed E-state index contributed by atoms with van der Waals surface area (Å²) in [4.78, 5) is 6.94. The maximum absolute atomic E-state index is 12.8. The number of hydrogen-bond acceptors (Lipinski definition) is 6. The summed E-state index contributed by atoms with van der Waals surface area (Å²) in [6, 6.07) is 8.54. The highest BCUT2D eigenvalue weighted by molar-refractivity contribution is 7.89. The van der Waals surface area contributed by atoms with E-state index in [2.05, 4.69) is 54.3 Å². The van der Waals surface area contributed by atoms with Gasteiger partial charge >= 0.3 is 0 Å². The molecule has 0 aliphatic carbocycles. The Morgan fingerprint density at radius 2 is 1.77 bits per heavy atom. The van der Waals surface area contributed by atoms with Gasteiger partial charge in [-0.05, 0) is 25.8 Å². The van der Waals surface area contributed by atoms with E-state index in [1.165, 1.54) is 41.9 Å². The van der Waals surface area contributed by atoms with Gasteiger partial charge in [0.1, 0.15) is 5.82 Å². The third-order valence-corrected chi connectivity index (χ3v) is 8.64. The van der Waals surface area contributed by atoms with E-state index in [1.54, 1.807) is 4.31 Å². The van der Waals surface area contributed by atoms with E-state index in [0.29, 0.717) is 19.6 Å². The lowest BCUT2D eigenvalue weighted by molar-refractivity contribution is 0.341. The number of anilines is 1. The number of piperazine rings is 1. The van der Waals surface area contributed by atoms with Crippen LogP contribution in [0.15, 0.2) is 24.3 Å². The first-order valence-electron chi connectivity index (χ1n) is 11.5. The van der Waals surface area contributed by atoms with Gasteiger partial charge in [-0.15, -0.1) is 0 Å². The molecule has 0 N–H and O–H groups in total. The molecule has 0 radical (unpaired) electrons. The van der Waals surface area contributed by atoms with Crippen LogP contribution in [0.2, 0.25) is 0 Å². The van der Waals surface area contributed by atoms with Crippen LogP contribution in [0.25, 0.3) is 0 Å². The predicted octanol–water partition coefficient (Wildman–Crippen LogP) is 4.64. The average molecular weight is 465 g/mol. The summed E-state index contributed by atoms with van der Waals surface area (Å²) in [7, 11) is -3.18. The smallest absolute Gasteiger partial charge is 0.214 e. The molecule has 1 aromatic heterocycles. The SMILES string of the molecule is CCCCCCCCS(=O)(=O)N1CCN(c2nc(Cc3ccc(C)cc3)ns2)C(C)C1. The summed E-state index contributed by atoms with van der Waals surface area (Å²) < 4.78 is 31.8. The van der Waals surface area contributed by atoms with E-state index in [0.717, 1.165) is 36.6 Å². The van der Waals surface area contributed by atoms with Crippen molar-refractivity contribution >= 4 is 26.7 Å². The minimum Gasteiger partial charge on any atom is -0.342 e. The Morgan fingerprint density at radius 1 is 1.06 bits per heavy atom. The van der Waals surface area contributed by atoms with Gasteiger partial charge in [0.2, 0.25) is 15.2 Å². The van der Waals surface area contributed by atoms with Crippen LogP contribution in [-0.4, -0.2) is 53.5 Å². The predicted molar refractivity (Wildman–Crippen MR) is 129 cm³/mol. The third kappa shape index (κ3) is 6.99. The molecule has 0 saturated carbocycles. The fourth-order valence-electron chi connectivity index (χ4n) is 3.98. The molecule has 1 atom stereocenters. The van der Waals surface area contributed by atoms with Crippen LogP contribution < -0.4 is 4.90 Å². The van der Waals surface area contributed by atoms with Crippen molar-refractivity contribution in [1.82, 2.24) is 13.7 Å². The molecule has 172 valence electrons. The van der Waals surface area contributed by atoms with Gasteiger partial charge in [0.05, 0.1) is 5.75 Å². The Balaban J connectivity index is 1.50. The Hall–Kier alpha value is -1.51. The molecule has 1 aliphatic rings. The Labute approximate surface area is 191 Å². The van der Waals surface area contributed by atoms with Crippen molar-refractivity contribution in [3.63, 3.8) is 0 Å². The molecule has 6 nitrogen and oxygen atoms in total. The van der Waals surface area contributed by atoms with E-state index >= 15 is 0 Å². The van der Waals surface area contributed by atoms with Crippen molar-refractivity contribution in [3.8, 4) is 0 Å². The number of hydrogen-bond donors (Lipinski definition) is 0. The minimum atomic E-state index is -3.18. The minimum absolute atomic E-state index is 0.0910. The van der Waals surface area contributed by atoms with Gasteiger partial charge < -0.3 is 4.90 Å². The van der Waals surface area contributed by atoms with Crippen LogP contribution in [0.3, 0.4) is 0 Å². The Kier molecular flexibility index (Phi) is 8.86. The normalized spacial score (nSPS) is 17.9. The van der Waals surface area contributed by atoms with Crippen LogP contribution in [0.1, 0.15) is 69.3 Å². The van der Waals surface area contributed by atoms with Crippen LogP contribution in [0.5, 0.6) is 0 Å². The first-order chi connectivity index (χ1) is 14.9. The zero-order chi connectivity index (χ0) is 22.3. The summed E-state index contributed by atoms with van der Waals surface area (Å²) in [5.41, 5.74) is 2.45. The molecule has 1 aliphatic heterocycles. The molecule has 3 rings (SSSR count). The highest BCUT2D eigenvalue weighted by Crippen LogP contribution is 2.25. The summed E-state index contributed by atoms with van der Waals surface area (Å²) in [6.45, 7) is 8.06. The van der Waals surface area contributed by atoms with Gasteiger partial charge in [0, 0.05) is 43.6 Å². The molecule has 0 amide bonds. The molecule has 2 heterocycles. The van der Waals surface area contributed by atoms with Gasteiger partial charge in [0.25, 0.3) is 0 Å². The molecule has 2 aromatic rings. The van der Waals surface area contributed by atoms with Crippen molar-refractivity contribution in [3.05, 3.63) is 41.2 Å². The lowest BCUT2D eigenvalue weighted by Gasteiger charge is -2.38. The molecule has 8 heteroatoms. The number of aryl methyl sites for hydroxylation is 1. The molecule has 0 bridgehead atoms. The van der Waals surface area contributed by atoms with Gasteiger partial charge in [-0.3, -0.25) is 0 Å². The van der Waals surface area contributed by atoms with Crippen LogP contribution >= 0.6 is 11.5 Å². The highest BCUT2D eigenvalue weighted by Gasteiger charge is 2.32. The van der Waals surface area contributed by atoms with E-state index in [9.17, 15) is 8.42 Å². The quantitative estimate of drug-likeness (QED) is 0.453. The molecule has 0 spiro atoms. The molecule has 31 heavy (non-hydrogen) atoms. The number of sulfonamides is 1. The van der Waals surface area contributed by atoms with Crippen LogP contribution in [0, 0.1) is 6.92 Å². The zero-order valence-corrected chi connectivity index (χ0v) is 20.7. The Morgan fingerprint density at radius 3 is 2.48 bits per heavy atom. The summed E-state index contributed by atoms with van der Waals surface area (Å²) in [5.74, 6) is 1.10. The number of benzene rings is 1. The fraction of sp³-hybridized carbons (Fsp3) is 0.652. The summed E-state index contributed by atoms with van der Waals surface area (Å²) in [5, 5.41) is 0.891. The summed E-state index contributed by atoms with van der Waals surface area (Å²) in [6.07, 6.45) is 7.28. The molecule has 1 aromatic carbocycles. The second-order valence-corrected chi connectivity index (χ2v) is 11.5. The van der Waals surface area contributed by atoms with Crippen molar-refractivity contribution < 1.29 is 8.42 Å². The average Bonchev–Trinajstić information content (AvgIpc) is 3.20. The molecule has 1 saturated heterocycles. The first kappa shape index (κ1) is 24.1. The van der Waals surface area contributed by atoms with Gasteiger partial charge in [-0.2, -0.15) is 8.68 Å². The number of rotatable bonds is 11. The standard InChI is InChI=1S/C23H36N4O2S2/c1-4-5-6-7-8-9-16-31(28,29)26-14-15-27(20(3)18-26)23-24-22(25-30-23)17-21-12-10-19(2)11-13-21/h10-13,20H,4-9,14-18H2,1-3H3. The molecule has 1 fully saturated rings. The van der Waals surface area contributed by atoms with E-state index in [-0.39, 0.29) is 11.8 Å². The molecular weight excluding hydrogens is 428 g/mol. The highest BCUT2D eigenvalue weighted by atomic mass is 32.2. The van der Waals surface area contributed by atoms with Crippen LogP contribution in [-0.2, 0) is 16.4 Å². The van der Waals surface area contributed by atoms with Crippen LogP contribution in [0.4, 0.5) is 5.13 Å². The zero-order valence-electron chi connectivity index (χ0n) is 19.1. The third-order valence-electron chi connectivity index (χ3n) is 5.93. The number of aromatic nitrogens is 2. The lowest BCUT2D eigenvalue weighted by atomic mass is 10.1. The van der Waals surface area contributed by atoms with E-state index in [1.807, 2.05) is 0 Å². The van der Waals surface area contributed by atoms with Crippen molar-refractivity contribution in [2.45, 2.75) is 71.8 Å². The first-order valence-corrected chi connectivity index (χ1v) is 13.9. The topological polar surface area (TPSA) is 66.4 Å². The van der Waals surface area contributed by atoms with E-state index < -0.39 is 10.0 Å². The molecule has 1 unspecified atom stereocenters. The van der Waals surface area contributed by atoms with E-state index in [4.69, 9.17) is 4.98 Å². The van der Waals surface area contributed by atoms with Crippen molar-refractivity contribution in [2.24, 2.45) is 0 Å². The van der Waals surface area contributed by atoms with Gasteiger partial charge in [-0.25, -0.2) is 13.4 Å². The summed E-state index contributed by atoms with van der Waals surface area (Å²) >= 11 is 1.41. The van der Waals surface area contributed by atoms with Crippen molar-refractivity contribution in [2.75, 3.05) is 30.3 Å². The largest absolute Gasteiger partial charge is 0.342 e. The monoisotopic (exact) mass is 464 g/mol. The molecular formula is C23H36N4O2S2.